The predicted molar refractivity (Wildman–Crippen MR) is 263 cm³/mol. The molecule has 8 nitrogen and oxygen atoms in total. The SMILES string of the molecule is CCCCCCCC/C=C/C/C=C/C/C=C/CCCC(=O)OCC(COCCC(C(=O)[O-])[N+](C)(C)C)OC(=O)CCCCCCCCC/C=C/CCCCCCCCCCCCC. The zero-order valence-corrected chi connectivity index (χ0v) is 41.7. The summed E-state index contributed by atoms with van der Waals surface area (Å²) in [5, 5.41) is 11.7. The van der Waals surface area contributed by atoms with Gasteiger partial charge in [0.15, 0.2) is 6.10 Å². The fourth-order valence-electron chi connectivity index (χ4n) is 7.61. The van der Waals surface area contributed by atoms with Crippen molar-refractivity contribution in [1.82, 2.24) is 0 Å². The van der Waals surface area contributed by atoms with Crippen molar-refractivity contribution in [2.75, 3.05) is 41.0 Å². The highest BCUT2D eigenvalue weighted by molar-refractivity contribution is 5.70. The van der Waals surface area contributed by atoms with Gasteiger partial charge in [0.2, 0.25) is 0 Å². The first kappa shape index (κ1) is 60.3. The number of hydrogen-bond donors (Lipinski definition) is 0. The van der Waals surface area contributed by atoms with E-state index in [0.29, 0.717) is 12.8 Å². The number of nitrogens with zero attached hydrogens (tertiary/aromatic N) is 1. The van der Waals surface area contributed by atoms with Crippen LogP contribution in [0.3, 0.4) is 0 Å². The lowest BCUT2D eigenvalue weighted by Crippen LogP contribution is -2.55. The maximum Gasteiger partial charge on any atom is 0.306 e. The number of rotatable bonds is 47. The van der Waals surface area contributed by atoms with Crippen molar-refractivity contribution < 1.29 is 38.2 Å². The predicted octanol–water partition coefficient (Wildman–Crippen LogP) is 13.8. The number of likely N-dealkylation sites (N-methyl/N-ethyl adjacent to an activating group) is 1. The summed E-state index contributed by atoms with van der Waals surface area (Å²) in [6, 6.07) is -0.735. The molecule has 0 amide bonds. The largest absolute Gasteiger partial charge is 0.544 e. The third-order valence-corrected chi connectivity index (χ3v) is 11.7. The third-order valence-electron chi connectivity index (χ3n) is 11.7. The van der Waals surface area contributed by atoms with Gasteiger partial charge in [-0.3, -0.25) is 9.59 Å². The highest BCUT2D eigenvalue weighted by Crippen LogP contribution is 2.15. The lowest BCUT2D eigenvalue weighted by molar-refractivity contribution is -0.889. The number of carbonyl (C=O) groups excluding carboxylic acids is 3. The Morgan fingerprint density at radius 1 is 0.476 bits per heavy atom. The highest BCUT2D eigenvalue weighted by atomic mass is 16.6. The second kappa shape index (κ2) is 45.8. The molecule has 0 aliphatic rings. The van der Waals surface area contributed by atoms with Gasteiger partial charge in [0.1, 0.15) is 12.6 Å². The molecule has 0 aromatic carbocycles. The van der Waals surface area contributed by atoms with E-state index >= 15 is 0 Å². The van der Waals surface area contributed by atoms with E-state index in [9.17, 15) is 19.5 Å². The average molecular weight is 886 g/mol. The van der Waals surface area contributed by atoms with Crippen LogP contribution in [0.2, 0.25) is 0 Å². The maximum atomic E-state index is 12.8. The number of allylic oxidation sites excluding steroid dienone is 8. The summed E-state index contributed by atoms with van der Waals surface area (Å²) < 4.78 is 17.2. The van der Waals surface area contributed by atoms with Crippen LogP contribution in [0.1, 0.15) is 232 Å². The summed E-state index contributed by atoms with van der Waals surface area (Å²) in [6.45, 7) is 4.62. The Morgan fingerprint density at radius 2 is 0.857 bits per heavy atom. The summed E-state index contributed by atoms with van der Waals surface area (Å²) in [6.07, 6.45) is 55.8. The van der Waals surface area contributed by atoms with Gasteiger partial charge >= 0.3 is 11.9 Å². The minimum Gasteiger partial charge on any atom is -0.544 e. The minimum absolute atomic E-state index is 0.0235. The first-order valence-electron chi connectivity index (χ1n) is 26.2. The van der Waals surface area contributed by atoms with Crippen LogP contribution in [0.15, 0.2) is 48.6 Å². The molecule has 0 aliphatic heterocycles. The monoisotopic (exact) mass is 886 g/mol. The molecule has 0 fully saturated rings. The van der Waals surface area contributed by atoms with Gasteiger partial charge in [-0.25, -0.2) is 0 Å². The molecule has 0 heterocycles. The lowest BCUT2D eigenvalue weighted by atomic mass is 10.0. The van der Waals surface area contributed by atoms with Crippen molar-refractivity contribution in [2.24, 2.45) is 0 Å². The van der Waals surface area contributed by atoms with Crippen molar-refractivity contribution in [1.29, 1.82) is 0 Å². The van der Waals surface area contributed by atoms with Gasteiger partial charge in [-0.2, -0.15) is 0 Å². The van der Waals surface area contributed by atoms with Crippen LogP contribution < -0.4 is 5.11 Å². The lowest BCUT2D eigenvalue weighted by Gasteiger charge is -2.34. The molecule has 0 spiro atoms. The Bertz CT molecular complexity index is 1170. The molecule has 0 aliphatic carbocycles. The molecule has 0 aromatic rings. The second-order valence-electron chi connectivity index (χ2n) is 18.8. The Morgan fingerprint density at radius 3 is 1.30 bits per heavy atom. The number of carboxylic acids is 1. The van der Waals surface area contributed by atoms with Gasteiger partial charge < -0.3 is 28.6 Å². The molecule has 8 heteroatoms. The molecule has 0 aromatic heterocycles. The number of aliphatic carboxylic acids is 1. The van der Waals surface area contributed by atoms with Gasteiger partial charge in [-0.1, -0.05) is 191 Å². The topological polar surface area (TPSA) is 102 Å². The summed E-state index contributed by atoms with van der Waals surface area (Å²) in [4.78, 5) is 37.0. The van der Waals surface area contributed by atoms with Crippen molar-refractivity contribution >= 4 is 17.9 Å². The van der Waals surface area contributed by atoms with Crippen LogP contribution >= 0.6 is 0 Å². The fourth-order valence-corrected chi connectivity index (χ4v) is 7.61. The Balaban J connectivity index is 4.29. The Kier molecular flexibility index (Phi) is 43.9. The van der Waals surface area contributed by atoms with Gasteiger partial charge in [0, 0.05) is 19.3 Å². The van der Waals surface area contributed by atoms with Crippen LogP contribution in [0.25, 0.3) is 0 Å². The van der Waals surface area contributed by atoms with Crippen molar-refractivity contribution in [3.63, 3.8) is 0 Å². The van der Waals surface area contributed by atoms with Crippen molar-refractivity contribution in [3.05, 3.63) is 48.6 Å². The molecule has 63 heavy (non-hydrogen) atoms. The molecule has 0 saturated carbocycles. The standard InChI is InChI=1S/C55H99NO7/c1-6-8-10-12-14-16-18-20-22-24-25-26-27-28-30-32-34-36-38-40-42-44-46-54(58)63-51(49-61-48-47-52(55(59)60)56(3,4)5)50-62-53(57)45-43-41-39-37-35-33-31-29-23-21-19-17-15-13-11-9-7-2/h21,23,27-28,31,33,37,39,51-52H,6-20,22,24-26,29-30,32,34-36,38,40-50H2,1-5H3/b23-21+,28-27+,33-31+,39-37+. The van der Waals surface area contributed by atoms with E-state index in [1.165, 1.54) is 154 Å². The van der Waals surface area contributed by atoms with Gasteiger partial charge in [-0.15, -0.1) is 0 Å². The molecule has 0 N–H and O–H groups in total. The summed E-state index contributed by atoms with van der Waals surface area (Å²) in [5.74, 6) is -1.80. The molecule has 0 rings (SSSR count). The number of quaternary nitrogens is 1. The Hall–Kier alpha value is -2.71. The number of carbonyl (C=O) groups is 3. The third kappa shape index (κ3) is 44.3. The van der Waals surface area contributed by atoms with Gasteiger partial charge in [-0.05, 0) is 70.6 Å². The molecule has 0 saturated heterocycles. The number of carboxylic acid groups (broad SMARTS) is 1. The fraction of sp³-hybridized carbons (Fsp3) is 0.800. The molecular weight excluding hydrogens is 787 g/mol. The summed E-state index contributed by atoms with van der Waals surface area (Å²) in [7, 11) is 5.40. The van der Waals surface area contributed by atoms with E-state index in [4.69, 9.17) is 14.2 Å². The van der Waals surface area contributed by atoms with E-state index in [0.717, 1.165) is 38.5 Å². The van der Waals surface area contributed by atoms with Crippen LogP contribution in [0, 0.1) is 0 Å². The zero-order chi connectivity index (χ0) is 46.3. The van der Waals surface area contributed by atoms with Crippen molar-refractivity contribution in [2.45, 2.75) is 244 Å². The average Bonchev–Trinajstić information content (AvgIpc) is 3.24. The second-order valence-corrected chi connectivity index (χ2v) is 18.8. The van der Waals surface area contributed by atoms with E-state index in [1.54, 1.807) is 21.1 Å². The van der Waals surface area contributed by atoms with Gasteiger partial charge in [0.05, 0.1) is 40.3 Å². The molecular formula is C55H99NO7. The normalized spacial score (nSPS) is 13.2. The van der Waals surface area contributed by atoms with E-state index < -0.39 is 18.1 Å². The smallest absolute Gasteiger partial charge is 0.306 e. The number of hydrogen-bond acceptors (Lipinski definition) is 7. The minimum atomic E-state index is -1.13. The number of ether oxygens (including phenoxy) is 3. The Labute approximate surface area is 388 Å². The van der Waals surface area contributed by atoms with E-state index in [-0.39, 0.29) is 49.1 Å². The van der Waals surface area contributed by atoms with E-state index in [1.807, 2.05) is 0 Å². The first-order chi connectivity index (χ1) is 30.6. The van der Waals surface area contributed by atoms with Crippen LogP contribution in [0.5, 0.6) is 0 Å². The van der Waals surface area contributed by atoms with Gasteiger partial charge in [0.25, 0.3) is 0 Å². The zero-order valence-electron chi connectivity index (χ0n) is 41.7. The van der Waals surface area contributed by atoms with E-state index in [2.05, 4.69) is 62.5 Å². The first-order valence-corrected chi connectivity index (χ1v) is 26.2. The number of esters is 2. The quantitative estimate of drug-likeness (QED) is 0.0259. The highest BCUT2D eigenvalue weighted by Gasteiger charge is 2.25. The molecule has 0 radical (unpaired) electrons. The summed E-state index contributed by atoms with van der Waals surface area (Å²) in [5.41, 5.74) is 0. The molecule has 0 bridgehead atoms. The van der Waals surface area contributed by atoms with Crippen LogP contribution in [-0.4, -0.2) is 75.5 Å². The van der Waals surface area contributed by atoms with Crippen molar-refractivity contribution in [3.8, 4) is 0 Å². The molecule has 2 unspecified atom stereocenters. The molecule has 2 atom stereocenters. The van der Waals surface area contributed by atoms with Crippen LogP contribution in [0.4, 0.5) is 0 Å². The number of unbranched alkanes of at least 4 members (excludes halogenated alkanes) is 25. The molecule has 366 valence electrons. The maximum absolute atomic E-state index is 12.8. The summed E-state index contributed by atoms with van der Waals surface area (Å²) >= 11 is 0. The van der Waals surface area contributed by atoms with Crippen LogP contribution in [-0.2, 0) is 28.6 Å².